The van der Waals surface area contributed by atoms with E-state index >= 15 is 0 Å². The normalized spacial score (nSPS) is 10.8. The summed E-state index contributed by atoms with van der Waals surface area (Å²) in [5, 5.41) is 23.0. The van der Waals surface area contributed by atoms with Gasteiger partial charge < -0.3 is 14.8 Å². The van der Waals surface area contributed by atoms with E-state index in [1.807, 2.05) is 37.3 Å². The molecule has 8 heteroatoms. The Balaban J connectivity index is 1.30. The van der Waals surface area contributed by atoms with Crippen molar-refractivity contribution in [3.8, 4) is 17.6 Å². The number of hydrogen-bond donors (Lipinski definition) is 1. The number of nitrogens with one attached hydrogen (secondary N) is 1. The van der Waals surface area contributed by atoms with Crippen molar-refractivity contribution < 1.29 is 19.2 Å². The zero-order chi connectivity index (χ0) is 27.6. The van der Waals surface area contributed by atoms with Gasteiger partial charge in [-0.1, -0.05) is 42.0 Å². The lowest BCUT2D eigenvalue weighted by Gasteiger charge is -2.09. The number of non-ortho nitro benzene ring substituents is 1. The van der Waals surface area contributed by atoms with Gasteiger partial charge in [0.2, 0.25) is 0 Å². The van der Waals surface area contributed by atoms with E-state index in [1.165, 1.54) is 23.8 Å². The first kappa shape index (κ1) is 26.6. The van der Waals surface area contributed by atoms with Crippen LogP contribution in [0, 0.1) is 28.4 Å². The van der Waals surface area contributed by atoms with Crippen LogP contribution in [0.1, 0.15) is 22.3 Å². The summed E-state index contributed by atoms with van der Waals surface area (Å²) < 4.78 is 11.5. The predicted molar refractivity (Wildman–Crippen MR) is 148 cm³/mol. The molecule has 0 radical (unpaired) electrons. The van der Waals surface area contributed by atoms with E-state index in [0.29, 0.717) is 29.4 Å². The van der Waals surface area contributed by atoms with Crippen molar-refractivity contribution >= 4 is 23.4 Å². The van der Waals surface area contributed by atoms with Gasteiger partial charge in [0, 0.05) is 17.8 Å². The molecule has 0 bridgehead atoms. The second-order valence-electron chi connectivity index (χ2n) is 8.70. The van der Waals surface area contributed by atoms with Gasteiger partial charge in [0.15, 0.2) is 0 Å². The molecular formula is C31H25N3O5. The molecule has 0 unspecified atom stereocenters. The zero-order valence-corrected chi connectivity index (χ0v) is 21.2. The lowest BCUT2D eigenvalue weighted by molar-refractivity contribution is -0.384. The van der Waals surface area contributed by atoms with Crippen molar-refractivity contribution in [1.82, 2.24) is 0 Å². The van der Waals surface area contributed by atoms with Crippen molar-refractivity contribution in [3.63, 3.8) is 0 Å². The number of carbonyl (C=O) groups excluding carboxylic acids is 1. The largest absolute Gasteiger partial charge is 0.489 e. The van der Waals surface area contributed by atoms with Crippen molar-refractivity contribution in [2.45, 2.75) is 20.1 Å². The van der Waals surface area contributed by atoms with Crippen molar-refractivity contribution in [2.24, 2.45) is 0 Å². The third-order valence-electron chi connectivity index (χ3n) is 5.75. The number of hydrogen-bond acceptors (Lipinski definition) is 6. The van der Waals surface area contributed by atoms with Crippen molar-refractivity contribution in [2.75, 3.05) is 5.32 Å². The van der Waals surface area contributed by atoms with Gasteiger partial charge in [0.05, 0.1) is 4.92 Å². The smallest absolute Gasteiger partial charge is 0.269 e. The Hall–Kier alpha value is -5.42. The van der Waals surface area contributed by atoms with Crippen LogP contribution in [0.4, 0.5) is 11.4 Å². The lowest BCUT2D eigenvalue weighted by atomic mass is 10.1. The van der Waals surface area contributed by atoms with Gasteiger partial charge in [-0.2, -0.15) is 5.26 Å². The lowest BCUT2D eigenvalue weighted by Crippen LogP contribution is -2.13. The molecule has 0 aliphatic rings. The third kappa shape index (κ3) is 7.78. The van der Waals surface area contributed by atoms with Gasteiger partial charge in [-0.15, -0.1) is 0 Å². The second kappa shape index (κ2) is 12.7. The Morgan fingerprint density at radius 2 is 1.36 bits per heavy atom. The number of ether oxygens (including phenoxy) is 2. The van der Waals surface area contributed by atoms with E-state index in [-0.39, 0.29) is 17.9 Å². The zero-order valence-electron chi connectivity index (χ0n) is 21.2. The Morgan fingerprint density at radius 1 is 0.846 bits per heavy atom. The highest BCUT2D eigenvalue weighted by Crippen LogP contribution is 2.20. The molecular weight excluding hydrogens is 494 g/mol. The summed E-state index contributed by atoms with van der Waals surface area (Å²) in [6.07, 6.45) is 1.49. The molecule has 8 nitrogen and oxygen atoms in total. The number of amides is 1. The number of nitrogens with zero attached hydrogens (tertiary/aromatic N) is 2. The molecule has 0 saturated heterocycles. The summed E-state index contributed by atoms with van der Waals surface area (Å²) in [6, 6.07) is 30.0. The van der Waals surface area contributed by atoms with E-state index < -0.39 is 10.8 Å². The molecule has 0 aliphatic heterocycles. The molecule has 0 fully saturated rings. The van der Waals surface area contributed by atoms with Crippen LogP contribution in [0.15, 0.2) is 103 Å². The van der Waals surface area contributed by atoms with Crippen LogP contribution in [-0.4, -0.2) is 10.8 Å². The molecule has 1 amide bonds. The number of nitro benzene ring substituents is 1. The molecule has 4 aromatic rings. The molecule has 39 heavy (non-hydrogen) atoms. The first-order valence-electron chi connectivity index (χ1n) is 12.1. The number of nitriles is 1. The molecule has 0 saturated carbocycles. The summed E-state index contributed by atoms with van der Waals surface area (Å²) in [5.41, 5.74) is 4.21. The van der Waals surface area contributed by atoms with Crippen LogP contribution in [0.5, 0.6) is 11.5 Å². The number of carbonyl (C=O) groups is 1. The molecule has 0 aromatic heterocycles. The minimum atomic E-state index is -0.524. The van der Waals surface area contributed by atoms with E-state index in [0.717, 1.165) is 11.1 Å². The van der Waals surface area contributed by atoms with Crippen LogP contribution in [0.2, 0.25) is 0 Å². The summed E-state index contributed by atoms with van der Waals surface area (Å²) in [5.74, 6) is 0.725. The summed E-state index contributed by atoms with van der Waals surface area (Å²) in [7, 11) is 0. The molecule has 4 rings (SSSR count). The third-order valence-corrected chi connectivity index (χ3v) is 5.75. The summed E-state index contributed by atoms with van der Waals surface area (Å²) in [4.78, 5) is 23.0. The van der Waals surface area contributed by atoms with E-state index in [2.05, 4.69) is 5.32 Å². The van der Waals surface area contributed by atoms with Crippen LogP contribution in [0.3, 0.4) is 0 Å². The van der Waals surface area contributed by atoms with Crippen molar-refractivity contribution in [1.29, 1.82) is 5.26 Å². The predicted octanol–water partition coefficient (Wildman–Crippen LogP) is 6.61. The Kier molecular flexibility index (Phi) is 8.67. The maximum atomic E-state index is 12.7. The summed E-state index contributed by atoms with van der Waals surface area (Å²) in [6.45, 7) is 2.72. The maximum Gasteiger partial charge on any atom is 0.269 e. The van der Waals surface area contributed by atoms with Gasteiger partial charge in [0.1, 0.15) is 36.4 Å². The quantitative estimate of drug-likeness (QED) is 0.109. The minimum absolute atomic E-state index is 0.0205. The fourth-order valence-electron chi connectivity index (χ4n) is 3.54. The average molecular weight is 520 g/mol. The van der Waals surface area contributed by atoms with E-state index in [4.69, 9.17) is 9.47 Å². The highest BCUT2D eigenvalue weighted by Gasteiger charge is 2.10. The number of aryl methyl sites for hydroxylation is 1. The Labute approximate surface area is 225 Å². The Morgan fingerprint density at radius 3 is 1.87 bits per heavy atom. The van der Waals surface area contributed by atoms with E-state index in [9.17, 15) is 20.2 Å². The molecule has 0 spiro atoms. The first-order chi connectivity index (χ1) is 18.9. The highest BCUT2D eigenvalue weighted by molar-refractivity contribution is 6.09. The van der Waals surface area contributed by atoms with Crippen LogP contribution in [-0.2, 0) is 18.0 Å². The molecule has 0 aliphatic carbocycles. The highest BCUT2D eigenvalue weighted by atomic mass is 16.6. The van der Waals surface area contributed by atoms with Crippen LogP contribution < -0.4 is 14.8 Å². The molecule has 194 valence electrons. The number of nitro groups is 1. The fraction of sp³-hybridized carbons (Fsp3) is 0.0968. The first-order valence-corrected chi connectivity index (χ1v) is 12.1. The monoisotopic (exact) mass is 519 g/mol. The minimum Gasteiger partial charge on any atom is -0.489 e. The molecule has 4 aromatic carbocycles. The van der Waals surface area contributed by atoms with Crippen LogP contribution in [0.25, 0.3) is 6.08 Å². The standard InChI is InChI=1S/C31H25N3O5/c1-22-2-4-24(5-3-22)20-39-30-16-10-27(11-17-30)33-31(35)26(19-32)18-23-8-14-29(15-9-23)38-21-25-6-12-28(13-7-25)34(36)37/h2-18H,20-21H2,1H3,(H,33,35)/b26-18+. The van der Waals surface area contributed by atoms with Gasteiger partial charge in [-0.3, -0.25) is 14.9 Å². The molecule has 0 atom stereocenters. The second-order valence-corrected chi connectivity index (χ2v) is 8.70. The number of rotatable bonds is 10. The SMILES string of the molecule is Cc1ccc(COc2ccc(NC(=O)/C(C#N)=C/c3ccc(OCc4ccc([N+](=O)[O-])cc4)cc3)cc2)cc1. The van der Waals surface area contributed by atoms with Gasteiger partial charge in [0.25, 0.3) is 11.6 Å². The fourth-order valence-corrected chi connectivity index (χ4v) is 3.54. The van der Waals surface area contributed by atoms with Gasteiger partial charge in [-0.25, -0.2) is 0 Å². The molecule has 1 N–H and O–H groups in total. The van der Waals surface area contributed by atoms with E-state index in [1.54, 1.807) is 60.7 Å². The number of benzene rings is 4. The van der Waals surface area contributed by atoms with Gasteiger partial charge >= 0.3 is 0 Å². The molecule has 0 heterocycles. The van der Waals surface area contributed by atoms with Crippen molar-refractivity contribution in [3.05, 3.63) is 135 Å². The Bertz CT molecular complexity index is 1500. The summed E-state index contributed by atoms with van der Waals surface area (Å²) >= 11 is 0. The van der Waals surface area contributed by atoms with Crippen LogP contribution >= 0.6 is 0 Å². The van der Waals surface area contributed by atoms with Gasteiger partial charge in [-0.05, 0) is 78.2 Å². The average Bonchev–Trinajstić information content (AvgIpc) is 2.96. The maximum absolute atomic E-state index is 12.7. The number of anilines is 1. The topological polar surface area (TPSA) is 114 Å².